The van der Waals surface area contributed by atoms with Crippen molar-refractivity contribution in [2.24, 2.45) is 0 Å². The Balaban J connectivity index is 1.93. The first-order chi connectivity index (χ1) is 10.9. The molecule has 2 heterocycles. The van der Waals surface area contributed by atoms with Gasteiger partial charge in [0.15, 0.2) is 0 Å². The molecule has 0 aliphatic rings. The molecule has 0 saturated heterocycles. The van der Waals surface area contributed by atoms with Crippen LogP contribution in [0.4, 0.5) is 0 Å². The molecule has 0 spiro atoms. The molecule has 0 bridgehead atoms. The fourth-order valence-electron chi connectivity index (χ4n) is 2.39. The number of ether oxygens (including phenoxy) is 1. The van der Waals surface area contributed by atoms with Crippen molar-refractivity contribution in [1.82, 2.24) is 15.0 Å². The normalized spacial score (nSPS) is 10.6. The summed E-state index contributed by atoms with van der Waals surface area (Å²) < 4.78 is 11.7. The molecule has 0 aliphatic heterocycles. The quantitative estimate of drug-likeness (QED) is 0.862. The van der Waals surface area contributed by atoms with Crippen molar-refractivity contribution in [1.29, 1.82) is 0 Å². The molecule has 2 rings (SSSR count). The molecule has 0 radical (unpaired) electrons. The van der Waals surface area contributed by atoms with Crippen LogP contribution in [0.1, 0.15) is 22.7 Å². The lowest BCUT2D eigenvalue weighted by Crippen LogP contribution is -2.32. The van der Waals surface area contributed by atoms with Crippen LogP contribution in [0.15, 0.2) is 21.5 Å². The van der Waals surface area contributed by atoms with Gasteiger partial charge in [0.05, 0.1) is 19.2 Å². The highest BCUT2D eigenvalue weighted by molar-refractivity contribution is 5.78. The zero-order valence-electron chi connectivity index (χ0n) is 13.8. The maximum Gasteiger partial charge on any atom is 0.254 e. The van der Waals surface area contributed by atoms with Gasteiger partial charge in [0.25, 0.3) is 5.56 Å². The van der Waals surface area contributed by atoms with E-state index < -0.39 is 0 Å². The van der Waals surface area contributed by atoms with E-state index in [0.717, 1.165) is 17.0 Å². The first kappa shape index (κ1) is 16.8. The van der Waals surface area contributed by atoms with E-state index in [1.54, 1.807) is 24.5 Å². The predicted molar refractivity (Wildman–Crippen MR) is 84.7 cm³/mol. The summed E-state index contributed by atoms with van der Waals surface area (Å²) in [5.74, 6) is 1.06. The summed E-state index contributed by atoms with van der Waals surface area (Å²) in [5.41, 5.74) is 2.16. The average Bonchev–Trinajstić information content (AvgIpc) is 2.81. The Morgan fingerprint density at radius 2 is 2.09 bits per heavy atom. The number of hydrogen-bond donors (Lipinski definition) is 1. The van der Waals surface area contributed by atoms with Crippen LogP contribution in [-0.2, 0) is 17.8 Å². The molecule has 23 heavy (non-hydrogen) atoms. The molecule has 2 aromatic heterocycles. The maximum absolute atomic E-state index is 12.0. The van der Waals surface area contributed by atoms with E-state index >= 15 is 0 Å². The third-order valence-corrected chi connectivity index (χ3v) is 3.72. The minimum Gasteiger partial charge on any atom is -0.496 e. The second kappa shape index (κ2) is 7.13. The third kappa shape index (κ3) is 4.00. The largest absolute Gasteiger partial charge is 0.496 e. The monoisotopic (exact) mass is 319 g/mol. The van der Waals surface area contributed by atoms with Gasteiger partial charge in [-0.3, -0.25) is 9.59 Å². The lowest BCUT2D eigenvalue weighted by molar-refractivity contribution is -0.120. The van der Waals surface area contributed by atoms with Gasteiger partial charge < -0.3 is 19.1 Å². The van der Waals surface area contributed by atoms with Gasteiger partial charge in [-0.05, 0) is 26.8 Å². The lowest BCUT2D eigenvalue weighted by atomic mass is 10.1. The number of pyridine rings is 1. The minimum absolute atomic E-state index is 0.126. The Morgan fingerprint density at radius 1 is 1.35 bits per heavy atom. The van der Waals surface area contributed by atoms with Gasteiger partial charge in [-0.2, -0.15) is 0 Å². The number of nitrogens with zero attached hydrogens (tertiary/aromatic N) is 2. The number of carbonyl (C=O) groups is 1. The molecule has 0 atom stereocenters. The van der Waals surface area contributed by atoms with Crippen LogP contribution in [0.2, 0.25) is 0 Å². The van der Waals surface area contributed by atoms with Crippen molar-refractivity contribution < 1.29 is 14.1 Å². The van der Waals surface area contributed by atoms with Crippen molar-refractivity contribution in [2.45, 2.75) is 33.7 Å². The van der Waals surface area contributed by atoms with E-state index in [2.05, 4.69) is 10.5 Å². The molecule has 2 aromatic rings. The van der Waals surface area contributed by atoms with Crippen LogP contribution in [0, 0.1) is 20.8 Å². The van der Waals surface area contributed by atoms with E-state index in [-0.39, 0.29) is 17.9 Å². The van der Waals surface area contributed by atoms with Gasteiger partial charge >= 0.3 is 0 Å². The highest BCUT2D eigenvalue weighted by atomic mass is 16.5. The van der Waals surface area contributed by atoms with Crippen molar-refractivity contribution in [3.8, 4) is 5.75 Å². The molecule has 0 aliphatic carbocycles. The van der Waals surface area contributed by atoms with Crippen LogP contribution in [0.5, 0.6) is 5.75 Å². The molecule has 0 unspecified atom stereocenters. The van der Waals surface area contributed by atoms with Crippen LogP contribution in [-0.4, -0.2) is 29.3 Å². The van der Waals surface area contributed by atoms with Crippen LogP contribution in [0.25, 0.3) is 0 Å². The summed E-state index contributed by atoms with van der Waals surface area (Å²) >= 11 is 0. The van der Waals surface area contributed by atoms with Crippen LogP contribution < -0.4 is 15.6 Å². The fraction of sp³-hybridized carbons (Fsp3) is 0.438. The Morgan fingerprint density at radius 3 is 2.65 bits per heavy atom. The SMILES string of the molecule is COc1cc(C)n(CCNC(=O)Cc2c(C)noc2C)c(=O)c1. The molecule has 0 aromatic carbocycles. The number of carbonyl (C=O) groups excluding carboxylic acids is 1. The maximum atomic E-state index is 12.0. The summed E-state index contributed by atoms with van der Waals surface area (Å²) in [7, 11) is 1.52. The van der Waals surface area contributed by atoms with E-state index in [4.69, 9.17) is 9.26 Å². The van der Waals surface area contributed by atoms with Gasteiger partial charge in [-0.25, -0.2) is 0 Å². The number of aryl methyl sites for hydroxylation is 3. The van der Waals surface area contributed by atoms with Gasteiger partial charge in [0, 0.05) is 30.4 Å². The van der Waals surface area contributed by atoms with E-state index in [1.807, 2.05) is 6.92 Å². The molecular formula is C16H21N3O4. The first-order valence-corrected chi connectivity index (χ1v) is 7.36. The Labute approximate surface area is 134 Å². The number of nitrogens with one attached hydrogen (secondary N) is 1. The van der Waals surface area contributed by atoms with E-state index in [0.29, 0.717) is 24.6 Å². The second-order valence-corrected chi connectivity index (χ2v) is 5.36. The lowest BCUT2D eigenvalue weighted by Gasteiger charge is -2.12. The topological polar surface area (TPSA) is 86.4 Å². The second-order valence-electron chi connectivity index (χ2n) is 5.36. The summed E-state index contributed by atoms with van der Waals surface area (Å²) in [6, 6.07) is 3.21. The molecule has 1 amide bonds. The predicted octanol–water partition coefficient (Wildman–Crippen LogP) is 1.13. The Hall–Kier alpha value is -2.57. The van der Waals surface area contributed by atoms with Crippen molar-refractivity contribution in [2.75, 3.05) is 13.7 Å². The molecule has 0 saturated carbocycles. The molecule has 124 valence electrons. The zero-order chi connectivity index (χ0) is 17.0. The smallest absolute Gasteiger partial charge is 0.254 e. The third-order valence-electron chi connectivity index (χ3n) is 3.72. The standard InChI is InChI=1S/C16H21N3O4/c1-10-7-13(22-4)8-16(21)19(10)6-5-17-15(20)9-14-11(2)18-23-12(14)3/h7-8H,5-6,9H2,1-4H3,(H,17,20). The Bertz CT molecular complexity index is 742. The van der Waals surface area contributed by atoms with Crippen molar-refractivity contribution >= 4 is 5.91 Å². The molecular weight excluding hydrogens is 298 g/mol. The number of rotatable bonds is 6. The van der Waals surface area contributed by atoms with Crippen LogP contribution in [0.3, 0.4) is 0 Å². The van der Waals surface area contributed by atoms with E-state index in [1.165, 1.54) is 13.2 Å². The summed E-state index contributed by atoms with van der Waals surface area (Å²) in [4.78, 5) is 24.0. The van der Waals surface area contributed by atoms with Crippen molar-refractivity contribution in [3.05, 3.63) is 45.2 Å². The van der Waals surface area contributed by atoms with Crippen molar-refractivity contribution in [3.63, 3.8) is 0 Å². The first-order valence-electron chi connectivity index (χ1n) is 7.36. The summed E-state index contributed by atoms with van der Waals surface area (Å²) in [6.45, 7) is 6.19. The summed E-state index contributed by atoms with van der Waals surface area (Å²) in [6.07, 6.45) is 0.220. The average molecular weight is 319 g/mol. The highest BCUT2D eigenvalue weighted by Crippen LogP contribution is 2.12. The molecule has 1 N–H and O–H groups in total. The van der Waals surface area contributed by atoms with Gasteiger partial charge in [0.2, 0.25) is 5.91 Å². The number of amides is 1. The van der Waals surface area contributed by atoms with Gasteiger partial charge in [-0.15, -0.1) is 0 Å². The van der Waals surface area contributed by atoms with Crippen LogP contribution >= 0.6 is 0 Å². The van der Waals surface area contributed by atoms with Gasteiger partial charge in [0.1, 0.15) is 11.5 Å². The minimum atomic E-state index is -0.151. The highest BCUT2D eigenvalue weighted by Gasteiger charge is 2.13. The molecule has 0 fully saturated rings. The van der Waals surface area contributed by atoms with E-state index in [9.17, 15) is 9.59 Å². The number of methoxy groups -OCH3 is 1. The van der Waals surface area contributed by atoms with Gasteiger partial charge in [-0.1, -0.05) is 5.16 Å². The summed E-state index contributed by atoms with van der Waals surface area (Å²) in [5, 5.41) is 6.63. The zero-order valence-corrected chi connectivity index (χ0v) is 13.8. The number of hydrogen-bond acceptors (Lipinski definition) is 5. The number of aromatic nitrogens is 2. The molecule has 7 nitrogen and oxygen atoms in total. The Kier molecular flexibility index (Phi) is 5.20. The molecule has 7 heteroatoms. The fourth-order valence-corrected chi connectivity index (χ4v) is 2.39.